The Bertz CT molecular complexity index is 508. The van der Waals surface area contributed by atoms with Crippen LogP contribution in [0.3, 0.4) is 0 Å². The van der Waals surface area contributed by atoms with Gasteiger partial charge in [-0.25, -0.2) is 4.39 Å². The molecule has 0 bridgehead atoms. The topological polar surface area (TPSA) is 26.0 Å². The summed E-state index contributed by atoms with van der Waals surface area (Å²) in [4.78, 5) is 0. The molecule has 0 amide bonds. The van der Waals surface area contributed by atoms with Crippen molar-refractivity contribution in [3.8, 4) is 0 Å². The maximum Gasteiger partial charge on any atom is 0.416 e. The van der Waals surface area contributed by atoms with Crippen molar-refractivity contribution >= 4 is 12.4 Å². The minimum atomic E-state index is -5.12. The van der Waals surface area contributed by atoms with E-state index in [0.29, 0.717) is 0 Å². The van der Waals surface area contributed by atoms with E-state index in [0.717, 1.165) is 0 Å². The number of hydrogen-bond donors (Lipinski definition) is 1. The zero-order valence-corrected chi connectivity index (χ0v) is 12.5. The summed E-state index contributed by atoms with van der Waals surface area (Å²) in [6.45, 7) is 3.32. The third-order valence-corrected chi connectivity index (χ3v) is 2.86. The first kappa shape index (κ1) is 21.0. The highest BCUT2D eigenvalue weighted by molar-refractivity contribution is 5.85. The van der Waals surface area contributed by atoms with Gasteiger partial charge in [-0.3, -0.25) is 0 Å². The van der Waals surface area contributed by atoms with Crippen LogP contribution in [0.4, 0.5) is 30.7 Å². The zero-order chi connectivity index (χ0) is 16.6. The molecular formula is C13H15ClF7N. The van der Waals surface area contributed by atoms with Crippen LogP contribution in [-0.2, 0) is 12.4 Å². The van der Waals surface area contributed by atoms with Crippen molar-refractivity contribution in [1.82, 2.24) is 0 Å². The predicted octanol–water partition coefficient (Wildman–Crippen LogP) is 5.33. The summed E-state index contributed by atoms with van der Waals surface area (Å²) in [6.07, 6.45) is -10.2. The molecule has 0 heterocycles. The largest absolute Gasteiger partial charge is 0.416 e. The van der Waals surface area contributed by atoms with Crippen LogP contribution < -0.4 is 5.73 Å². The van der Waals surface area contributed by atoms with Gasteiger partial charge < -0.3 is 5.73 Å². The van der Waals surface area contributed by atoms with Gasteiger partial charge in [0.2, 0.25) is 0 Å². The van der Waals surface area contributed by atoms with E-state index in [1.165, 1.54) is 0 Å². The van der Waals surface area contributed by atoms with Crippen molar-refractivity contribution in [1.29, 1.82) is 0 Å². The molecule has 0 aliphatic carbocycles. The Morgan fingerprint density at radius 1 is 1.00 bits per heavy atom. The fraction of sp³-hybridized carbons (Fsp3) is 0.538. The third kappa shape index (κ3) is 5.01. The van der Waals surface area contributed by atoms with Crippen LogP contribution in [0.2, 0.25) is 0 Å². The van der Waals surface area contributed by atoms with Crippen molar-refractivity contribution in [3.05, 3.63) is 34.6 Å². The molecule has 9 heteroatoms. The Hall–Kier alpha value is -1.02. The molecule has 1 aromatic rings. The second-order valence-corrected chi connectivity index (χ2v) is 5.15. The van der Waals surface area contributed by atoms with Gasteiger partial charge >= 0.3 is 12.4 Å². The van der Waals surface area contributed by atoms with E-state index in [1.807, 2.05) is 0 Å². The van der Waals surface area contributed by atoms with Crippen LogP contribution in [0.5, 0.6) is 0 Å². The first-order valence-electron chi connectivity index (χ1n) is 6.07. The van der Waals surface area contributed by atoms with Crippen molar-refractivity contribution in [2.75, 3.05) is 0 Å². The van der Waals surface area contributed by atoms with Crippen LogP contribution in [0.25, 0.3) is 0 Å². The van der Waals surface area contributed by atoms with Gasteiger partial charge in [-0.05, 0) is 24.5 Å². The number of hydrogen-bond acceptors (Lipinski definition) is 1. The molecule has 0 saturated heterocycles. The molecule has 1 rings (SSSR count). The molecule has 0 aromatic heterocycles. The summed E-state index contributed by atoms with van der Waals surface area (Å²) in [5.74, 6) is -1.73. The third-order valence-electron chi connectivity index (χ3n) is 2.86. The number of rotatable bonds is 3. The van der Waals surface area contributed by atoms with E-state index < -0.39 is 40.9 Å². The summed E-state index contributed by atoms with van der Waals surface area (Å²) in [5, 5.41) is 0. The van der Waals surface area contributed by atoms with Crippen molar-refractivity contribution in [2.24, 2.45) is 11.7 Å². The molecule has 2 N–H and O–H groups in total. The van der Waals surface area contributed by atoms with Crippen molar-refractivity contribution < 1.29 is 30.7 Å². The Morgan fingerprint density at radius 3 is 1.86 bits per heavy atom. The summed E-state index contributed by atoms with van der Waals surface area (Å²) < 4.78 is 90.0. The number of halogens is 8. The molecule has 0 radical (unpaired) electrons. The molecule has 1 aromatic carbocycles. The Kier molecular flexibility index (Phi) is 6.71. The molecule has 22 heavy (non-hydrogen) atoms. The predicted molar refractivity (Wildman–Crippen MR) is 70.0 cm³/mol. The van der Waals surface area contributed by atoms with Gasteiger partial charge in [0.05, 0.1) is 11.1 Å². The summed E-state index contributed by atoms with van der Waals surface area (Å²) in [5.41, 5.74) is 1.24. The van der Waals surface area contributed by atoms with Crippen LogP contribution in [-0.4, -0.2) is 0 Å². The lowest BCUT2D eigenvalue weighted by Gasteiger charge is -2.22. The molecule has 0 fully saturated rings. The SMILES string of the molecule is CC(C)C[C@H](N)c1c(F)cc(C(F)(F)F)cc1C(F)(F)F.Cl. The average Bonchev–Trinajstić information content (AvgIpc) is 2.23. The molecule has 0 spiro atoms. The van der Waals surface area contributed by atoms with Crippen molar-refractivity contribution in [3.63, 3.8) is 0 Å². The molecule has 0 aliphatic heterocycles. The summed E-state index contributed by atoms with van der Waals surface area (Å²) in [7, 11) is 0. The fourth-order valence-corrected chi connectivity index (χ4v) is 2.02. The second-order valence-electron chi connectivity index (χ2n) is 5.15. The Balaban J connectivity index is 0.00000441. The van der Waals surface area contributed by atoms with Gasteiger partial charge in [-0.15, -0.1) is 12.4 Å². The molecule has 0 unspecified atom stereocenters. The quantitative estimate of drug-likeness (QED) is 0.730. The molecule has 1 atom stereocenters. The van der Waals surface area contributed by atoms with Crippen LogP contribution in [0.1, 0.15) is 43.0 Å². The first-order chi connectivity index (χ1) is 9.34. The maximum atomic E-state index is 13.8. The van der Waals surface area contributed by atoms with E-state index in [2.05, 4.69) is 0 Å². The fourth-order valence-electron chi connectivity index (χ4n) is 2.02. The lowest BCUT2D eigenvalue weighted by Crippen LogP contribution is -2.22. The van der Waals surface area contributed by atoms with Crippen LogP contribution in [0, 0.1) is 11.7 Å². The highest BCUT2D eigenvalue weighted by atomic mass is 35.5. The number of nitrogens with two attached hydrogens (primary N) is 1. The molecule has 128 valence electrons. The van der Waals surface area contributed by atoms with Gasteiger partial charge in [0.1, 0.15) is 5.82 Å². The van der Waals surface area contributed by atoms with Crippen molar-refractivity contribution in [2.45, 2.75) is 38.7 Å². The molecule has 0 aliphatic rings. The number of benzene rings is 1. The molecule has 1 nitrogen and oxygen atoms in total. The summed E-state index contributed by atoms with van der Waals surface area (Å²) in [6, 6.07) is -1.38. The van der Waals surface area contributed by atoms with Crippen LogP contribution >= 0.6 is 12.4 Å². The molecular weight excluding hydrogens is 339 g/mol. The monoisotopic (exact) mass is 353 g/mol. The van der Waals surface area contributed by atoms with Gasteiger partial charge in [0, 0.05) is 11.6 Å². The summed E-state index contributed by atoms with van der Waals surface area (Å²) >= 11 is 0. The number of alkyl halides is 6. The Morgan fingerprint density at radius 2 is 1.50 bits per heavy atom. The minimum Gasteiger partial charge on any atom is -0.324 e. The average molecular weight is 354 g/mol. The van der Waals surface area contributed by atoms with E-state index in [1.54, 1.807) is 13.8 Å². The van der Waals surface area contributed by atoms with E-state index in [4.69, 9.17) is 5.73 Å². The molecule has 0 saturated carbocycles. The van der Waals surface area contributed by atoms with Crippen LogP contribution in [0.15, 0.2) is 12.1 Å². The van der Waals surface area contributed by atoms with E-state index in [9.17, 15) is 30.7 Å². The highest BCUT2D eigenvalue weighted by Crippen LogP contribution is 2.41. The maximum absolute atomic E-state index is 13.8. The minimum absolute atomic E-state index is 0. The highest BCUT2D eigenvalue weighted by Gasteiger charge is 2.40. The normalized spacial score (nSPS) is 14.0. The van der Waals surface area contributed by atoms with E-state index >= 15 is 0 Å². The second kappa shape index (κ2) is 7.04. The smallest absolute Gasteiger partial charge is 0.324 e. The lowest BCUT2D eigenvalue weighted by atomic mass is 9.92. The van der Waals surface area contributed by atoms with Gasteiger partial charge in [-0.2, -0.15) is 26.3 Å². The van der Waals surface area contributed by atoms with E-state index in [-0.39, 0.29) is 36.9 Å². The Labute approximate surface area is 129 Å². The van der Waals surface area contributed by atoms with Gasteiger partial charge in [0.15, 0.2) is 0 Å². The zero-order valence-electron chi connectivity index (χ0n) is 11.6. The van der Waals surface area contributed by atoms with Gasteiger partial charge in [-0.1, -0.05) is 13.8 Å². The first-order valence-corrected chi connectivity index (χ1v) is 6.07. The standard InChI is InChI=1S/C13H14F7N.ClH/c1-6(2)3-10(21)11-8(13(18,19)20)4-7(5-9(11)14)12(15,16)17;/h4-6,10H,3,21H2,1-2H3;1H/t10-;/m0./s1. The lowest BCUT2D eigenvalue weighted by molar-refractivity contribution is -0.144. The van der Waals surface area contributed by atoms with Gasteiger partial charge in [0.25, 0.3) is 0 Å².